The van der Waals surface area contributed by atoms with E-state index in [1.807, 2.05) is 0 Å². The molecule has 0 aliphatic heterocycles. The van der Waals surface area contributed by atoms with Gasteiger partial charge in [-0.1, -0.05) is 24.3 Å². The average Bonchev–Trinajstić information content (AvgIpc) is 2.18. The minimum atomic E-state index is -0.545. The number of hydrogen-bond acceptors (Lipinski definition) is 2. The van der Waals surface area contributed by atoms with Crippen molar-refractivity contribution in [2.45, 2.75) is 19.1 Å². The smallest absolute Gasteiger partial charge is 0.107 e. The second-order valence-electron chi connectivity index (χ2n) is 2.98. The van der Waals surface area contributed by atoms with Gasteiger partial charge in [0.05, 0.1) is 6.10 Å². The van der Waals surface area contributed by atoms with Crippen molar-refractivity contribution < 1.29 is 10.2 Å². The quantitative estimate of drug-likeness (QED) is 0.725. The van der Waals surface area contributed by atoms with Crippen molar-refractivity contribution in [1.29, 1.82) is 0 Å². The maximum absolute atomic E-state index is 10.6. The molecule has 0 aliphatic rings. The van der Waals surface area contributed by atoms with Gasteiger partial charge in [-0.2, -0.15) is 0 Å². The summed E-state index contributed by atoms with van der Waals surface area (Å²) in [5.74, 6) is 0. The van der Waals surface area contributed by atoms with Gasteiger partial charge in [0.2, 0.25) is 0 Å². The number of nitrogens with two attached hydrogens (primary N) is 1. The van der Waals surface area contributed by atoms with Gasteiger partial charge in [-0.15, -0.1) is 0 Å². The summed E-state index contributed by atoms with van der Waals surface area (Å²) in [6.45, 7) is 0.200. The highest BCUT2D eigenvalue weighted by Gasteiger charge is 2.06. The lowest BCUT2D eigenvalue weighted by Crippen LogP contribution is -2.06. The molecule has 0 amide bonds. The molecule has 13 heavy (non-hydrogen) atoms. The van der Waals surface area contributed by atoms with Crippen LogP contribution in [0.25, 0.3) is 0 Å². The van der Waals surface area contributed by atoms with Crippen molar-refractivity contribution in [1.82, 2.24) is 0 Å². The molecule has 1 aromatic carbocycles. The molecule has 1 atom stereocenters. The molecule has 0 saturated carbocycles. The zero-order valence-electron chi connectivity index (χ0n) is 7.44. The summed E-state index contributed by atoms with van der Waals surface area (Å²) in [6, 6.07) is 7.07. The minimum Gasteiger partial charge on any atom is -0.388 e. The highest BCUT2D eigenvalue weighted by molar-refractivity contribution is 5.24. The van der Waals surface area contributed by atoms with Crippen molar-refractivity contribution in [3.63, 3.8) is 0 Å². The number of benzene rings is 1. The van der Waals surface area contributed by atoms with Crippen LogP contribution >= 0.6 is 0 Å². The maximum Gasteiger partial charge on any atom is 0.107 e. The Morgan fingerprint density at radius 2 is 2.23 bits per heavy atom. The number of hydrogen-bond donors (Lipinski definition) is 2. The molecule has 0 aromatic heterocycles. The summed E-state index contributed by atoms with van der Waals surface area (Å²) < 4.78 is 0. The van der Waals surface area contributed by atoms with Crippen molar-refractivity contribution >= 4 is 0 Å². The minimum absolute atomic E-state index is 0.247. The maximum atomic E-state index is 10.6. The van der Waals surface area contributed by atoms with E-state index in [2.05, 4.69) is 0 Å². The number of aliphatic hydroxyl groups excluding tert-OH is 1. The summed E-state index contributed by atoms with van der Waals surface area (Å²) in [6.07, 6.45) is -0.0148. The lowest BCUT2D eigenvalue weighted by molar-refractivity contribution is 0.167. The van der Waals surface area contributed by atoms with Gasteiger partial charge >= 0.3 is 0 Å². The molecular weight excluding hydrogens is 166 g/mol. The largest absolute Gasteiger partial charge is 0.388 e. The predicted molar refractivity (Wildman–Crippen MR) is 49.5 cm³/mol. The first-order chi connectivity index (χ1) is 6.27. The molecule has 3 N–H and O–H groups in total. The van der Waals surface area contributed by atoms with Gasteiger partial charge in [0, 0.05) is 0 Å². The third-order valence-electron chi connectivity index (χ3n) is 1.94. The Hall–Kier alpha value is -0.900. The number of aliphatic hydroxyl groups is 1. The third-order valence-corrected chi connectivity index (χ3v) is 1.94. The van der Waals surface area contributed by atoms with Gasteiger partial charge in [0.15, 0.2) is 0 Å². The predicted octanol–water partition coefficient (Wildman–Crippen LogP) is 0.999. The van der Waals surface area contributed by atoms with Gasteiger partial charge in [0.1, 0.15) is 6.61 Å². The van der Waals surface area contributed by atoms with Crippen LogP contribution in [0.2, 0.25) is 0 Å². The lowest BCUT2D eigenvalue weighted by atomic mass is 10.0. The molecule has 1 aromatic rings. The molecule has 3 nitrogen and oxygen atoms in total. The van der Waals surface area contributed by atoms with E-state index < -0.39 is 6.10 Å². The van der Waals surface area contributed by atoms with Gasteiger partial charge in [-0.05, 0) is 24.1 Å². The van der Waals surface area contributed by atoms with E-state index in [-0.39, 0.29) is 6.61 Å². The first-order valence-corrected chi connectivity index (χ1v) is 4.33. The fraction of sp³-hybridized carbons (Fsp3) is 0.400. The van der Waals surface area contributed by atoms with Gasteiger partial charge in [-0.3, -0.25) is 0 Å². The van der Waals surface area contributed by atoms with E-state index in [0.29, 0.717) is 18.5 Å². The van der Waals surface area contributed by atoms with Crippen LogP contribution in [0.1, 0.15) is 23.7 Å². The molecule has 0 fully saturated rings. The van der Waals surface area contributed by atoms with E-state index in [1.54, 1.807) is 24.3 Å². The standard InChI is InChI=1S/C10H14NO2/c11-5-4-10(13)9-3-1-2-8(6-9)7-12/h1-3,6,10,13H,4-5,7,11H2. The molecule has 0 saturated heterocycles. The molecular formula is C10H14NO2. The van der Waals surface area contributed by atoms with Crippen LogP contribution in [0.5, 0.6) is 0 Å². The molecule has 71 valence electrons. The van der Waals surface area contributed by atoms with Crippen molar-refractivity contribution in [2.75, 3.05) is 6.54 Å². The molecule has 1 unspecified atom stereocenters. The first-order valence-electron chi connectivity index (χ1n) is 4.33. The van der Waals surface area contributed by atoms with E-state index in [4.69, 9.17) is 5.73 Å². The van der Waals surface area contributed by atoms with E-state index >= 15 is 0 Å². The molecule has 3 heteroatoms. The number of rotatable bonds is 4. The van der Waals surface area contributed by atoms with Crippen LogP contribution in [-0.4, -0.2) is 11.7 Å². The van der Waals surface area contributed by atoms with Crippen LogP contribution in [0, 0.1) is 0 Å². The van der Waals surface area contributed by atoms with Gasteiger partial charge < -0.3 is 10.8 Å². The van der Waals surface area contributed by atoms with E-state index in [0.717, 1.165) is 5.56 Å². The van der Waals surface area contributed by atoms with E-state index in [9.17, 15) is 10.2 Å². The Morgan fingerprint density at radius 1 is 1.46 bits per heavy atom. The third kappa shape index (κ3) is 2.81. The topological polar surface area (TPSA) is 66.2 Å². The highest BCUT2D eigenvalue weighted by Crippen LogP contribution is 2.16. The first kappa shape index (κ1) is 10.2. The monoisotopic (exact) mass is 180 g/mol. The summed E-state index contributed by atoms with van der Waals surface area (Å²) in [5, 5.41) is 20.1. The van der Waals surface area contributed by atoms with Crippen LogP contribution in [0.15, 0.2) is 24.3 Å². The van der Waals surface area contributed by atoms with Crippen LogP contribution in [0.3, 0.4) is 0 Å². The van der Waals surface area contributed by atoms with Crippen molar-refractivity contribution in [2.24, 2.45) is 5.73 Å². The highest BCUT2D eigenvalue weighted by atomic mass is 16.3. The Bertz CT molecular complexity index is 263. The van der Waals surface area contributed by atoms with Crippen LogP contribution in [0.4, 0.5) is 0 Å². The van der Waals surface area contributed by atoms with Crippen molar-refractivity contribution in [3.05, 3.63) is 35.4 Å². The Balaban J connectivity index is 2.75. The Kier molecular flexibility index (Phi) is 3.89. The molecule has 0 aliphatic carbocycles. The van der Waals surface area contributed by atoms with Gasteiger partial charge in [-0.25, -0.2) is 5.11 Å². The summed E-state index contributed by atoms with van der Waals surface area (Å²) in [4.78, 5) is 0. The summed E-state index contributed by atoms with van der Waals surface area (Å²) in [5.41, 5.74) is 6.79. The molecule has 1 radical (unpaired) electrons. The average molecular weight is 180 g/mol. The molecule has 0 bridgehead atoms. The Labute approximate surface area is 77.8 Å². The zero-order chi connectivity index (χ0) is 9.68. The molecule has 0 spiro atoms. The SMILES string of the molecule is NCCC(O)c1cccc(C[O])c1. The molecule has 0 heterocycles. The zero-order valence-corrected chi connectivity index (χ0v) is 7.44. The fourth-order valence-corrected chi connectivity index (χ4v) is 1.21. The van der Waals surface area contributed by atoms with Crippen molar-refractivity contribution in [3.8, 4) is 0 Å². The fourth-order valence-electron chi connectivity index (χ4n) is 1.21. The van der Waals surface area contributed by atoms with Gasteiger partial charge in [0.25, 0.3) is 0 Å². The molecule has 1 rings (SSSR count). The van der Waals surface area contributed by atoms with Crippen LogP contribution < -0.4 is 5.73 Å². The van der Waals surface area contributed by atoms with Crippen LogP contribution in [-0.2, 0) is 11.7 Å². The lowest BCUT2D eigenvalue weighted by Gasteiger charge is -2.09. The second kappa shape index (κ2) is 4.97. The normalized spacial score (nSPS) is 12.8. The van der Waals surface area contributed by atoms with E-state index in [1.165, 1.54) is 0 Å². The second-order valence-corrected chi connectivity index (χ2v) is 2.98. The summed E-state index contributed by atoms with van der Waals surface area (Å²) in [7, 11) is 0. The summed E-state index contributed by atoms with van der Waals surface area (Å²) >= 11 is 0. The Morgan fingerprint density at radius 3 is 2.85 bits per heavy atom.